The number of aliphatic carboxylic acids is 1. The van der Waals surface area contributed by atoms with E-state index in [-0.39, 0.29) is 5.69 Å². The Balaban J connectivity index is 2.87. The number of urea groups is 1. The number of hydrogen-bond acceptors (Lipinski definition) is 2. The van der Waals surface area contributed by atoms with Crippen molar-refractivity contribution in [2.24, 2.45) is 5.41 Å². The van der Waals surface area contributed by atoms with Crippen LogP contribution in [0.2, 0.25) is 0 Å². The number of carboxylic acids is 1. The highest BCUT2D eigenvalue weighted by Gasteiger charge is 2.32. The van der Waals surface area contributed by atoms with Gasteiger partial charge in [-0.1, -0.05) is 20.8 Å². The van der Waals surface area contributed by atoms with Gasteiger partial charge in [0, 0.05) is 5.69 Å². The number of benzene rings is 1. The molecule has 0 aromatic heterocycles. The summed E-state index contributed by atoms with van der Waals surface area (Å²) in [5.41, 5.74) is 0.288. The predicted molar refractivity (Wildman–Crippen MR) is 81.9 cm³/mol. The minimum Gasteiger partial charge on any atom is -0.480 e. The van der Waals surface area contributed by atoms with Gasteiger partial charge < -0.3 is 15.7 Å². The first kappa shape index (κ1) is 17.4. The zero-order valence-electron chi connectivity index (χ0n) is 12.3. The molecule has 0 heterocycles. The fourth-order valence-electron chi connectivity index (χ4n) is 1.72. The Morgan fingerprint density at radius 1 is 1.33 bits per heavy atom. The van der Waals surface area contributed by atoms with Crippen LogP contribution < -0.4 is 10.6 Å². The number of carbonyl (C=O) groups is 2. The van der Waals surface area contributed by atoms with Crippen molar-refractivity contribution in [2.75, 3.05) is 5.32 Å². The van der Waals surface area contributed by atoms with Gasteiger partial charge in [-0.3, -0.25) is 0 Å². The van der Waals surface area contributed by atoms with Crippen molar-refractivity contribution in [1.82, 2.24) is 5.32 Å². The second-order valence-corrected chi connectivity index (χ2v) is 6.67. The van der Waals surface area contributed by atoms with Crippen molar-refractivity contribution in [3.63, 3.8) is 0 Å². The maximum atomic E-state index is 13.5. The molecule has 2 amide bonds. The normalized spacial score (nSPS) is 12.7. The Morgan fingerprint density at radius 3 is 2.38 bits per heavy atom. The lowest BCUT2D eigenvalue weighted by Crippen LogP contribution is -2.50. The summed E-state index contributed by atoms with van der Waals surface area (Å²) in [5, 5.41) is 14.0. The Labute approximate surface area is 131 Å². The van der Waals surface area contributed by atoms with E-state index in [1.54, 1.807) is 27.7 Å². The van der Waals surface area contributed by atoms with E-state index in [2.05, 4.69) is 26.6 Å². The minimum atomic E-state index is -1.13. The molecule has 0 aliphatic rings. The SMILES string of the molecule is Cc1cc(Br)c(F)cc1NC(=O)N[C@@H](C(=O)O)C(C)(C)C. The van der Waals surface area contributed by atoms with Crippen molar-refractivity contribution >= 4 is 33.6 Å². The number of rotatable bonds is 3. The number of amides is 2. The molecule has 0 saturated carbocycles. The summed E-state index contributed by atoms with van der Waals surface area (Å²) >= 11 is 3.05. The highest BCUT2D eigenvalue weighted by atomic mass is 79.9. The third-order valence-electron chi connectivity index (χ3n) is 2.90. The van der Waals surface area contributed by atoms with Gasteiger partial charge in [0.25, 0.3) is 0 Å². The van der Waals surface area contributed by atoms with E-state index in [9.17, 15) is 14.0 Å². The standard InChI is InChI=1S/C14H18BrFN2O3/c1-7-5-8(15)9(16)6-10(7)17-13(21)18-11(12(19)20)14(2,3)4/h5-6,11H,1-4H3,(H,19,20)(H2,17,18,21)/t11-/m0/s1. The molecule has 0 radical (unpaired) electrons. The lowest BCUT2D eigenvalue weighted by atomic mass is 9.87. The van der Waals surface area contributed by atoms with E-state index in [0.717, 1.165) is 0 Å². The summed E-state index contributed by atoms with van der Waals surface area (Å²) in [7, 11) is 0. The molecule has 0 unspecified atom stereocenters. The van der Waals surface area contributed by atoms with Gasteiger partial charge in [-0.05, 0) is 46.0 Å². The van der Waals surface area contributed by atoms with Crippen LogP contribution in [0.15, 0.2) is 16.6 Å². The number of aryl methyl sites for hydroxylation is 1. The maximum absolute atomic E-state index is 13.5. The van der Waals surface area contributed by atoms with Crippen LogP contribution in [0.5, 0.6) is 0 Å². The highest BCUT2D eigenvalue weighted by molar-refractivity contribution is 9.10. The average Bonchev–Trinajstić information content (AvgIpc) is 2.31. The summed E-state index contributed by atoms with van der Waals surface area (Å²) in [6.07, 6.45) is 0. The molecule has 1 atom stereocenters. The van der Waals surface area contributed by atoms with E-state index in [0.29, 0.717) is 10.0 Å². The summed E-state index contributed by atoms with van der Waals surface area (Å²) in [4.78, 5) is 23.1. The lowest BCUT2D eigenvalue weighted by molar-refractivity contribution is -0.141. The Kier molecular flexibility index (Phi) is 5.33. The first-order chi connectivity index (χ1) is 9.52. The van der Waals surface area contributed by atoms with Gasteiger partial charge in [0.1, 0.15) is 11.9 Å². The molecule has 0 bridgehead atoms. The van der Waals surface area contributed by atoms with Crippen LogP contribution in [0.25, 0.3) is 0 Å². The molecular formula is C14H18BrFN2O3. The monoisotopic (exact) mass is 360 g/mol. The fraction of sp³-hybridized carbons (Fsp3) is 0.429. The molecule has 0 aliphatic carbocycles. The molecule has 0 spiro atoms. The Hall–Kier alpha value is -1.63. The largest absolute Gasteiger partial charge is 0.480 e. The summed E-state index contributed by atoms with van der Waals surface area (Å²) in [5.74, 6) is -1.64. The molecule has 0 fully saturated rings. The van der Waals surface area contributed by atoms with Crippen molar-refractivity contribution < 1.29 is 19.1 Å². The highest BCUT2D eigenvalue weighted by Crippen LogP contribution is 2.24. The molecule has 3 N–H and O–H groups in total. The lowest BCUT2D eigenvalue weighted by Gasteiger charge is -2.27. The van der Waals surface area contributed by atoms with Gasteiger partial charge in [0.2, 0.25) is 0 Å². The second-order valence-electron chi connectivity index (χ2n) is 5.82. The average molecular weight is 361 g/mol. The molecule has 1 rings (SSSR count). The quantitative estimate of drug-likeness (QED) is 0.771. The van der Waals surface area contributed by atoms with E-state index >= 15 is 0 Å². The van der Waals surface area contributed by atoms with Gasteiger partial charge in [0.05, 0.1) is 4.47 Å². The van der Waals surface area contributed by atoms with E-state index in [1.807, 2.05) is 0 Å². The summed E-state index contributed by atoms with van der Waals surface area (Å²) < 4.78 is 13.8. The molecule has 7 heteroatoms. The Bertz CT molecular complexity index is 570. The molecule has 0 aliphatic heterocycles. The van der Waals surface area contributed by atoms with E-state index in [1.165, 1.54) is 12.1 Å². The number of anilines is 1. The smallest absolute Gasteiger partial charge is 0.326 e. The van der Waals surface area contributed by atoms with Crippen LogP contribution in [0.4, 0.5) is 14.9 Å². The van der Waals surface area contributed by atoms with E-state index < -0.39 is 29.3 Å². The fourth-order valence-corrected chi connectivity index (χ4v) is 2.18. The Morgan fingerprint density at radius 2 is 1.90 bits per heavy atom. The summed E-state index contributed by atoms with van der Waals surface area (Å²) in [6, 6.07) is 0.954. The minimum absolute atomic E-state index is 0.284. The van der Waals surface area contributed by atoms with Gasteiger partial charge in [-0.2, -0.15) is 0 Å². The van der Waals surface area contributed by atoms with Crippen LogP contribution in [0, 0.1) is 18.2 Å². The van der Waals surface area contributed by atoms with Crippen LogP contribution in [0.3, 0.4) is 0 Å². The molecule has 1 aromatic rings. The number of carbonyl (C=O) groups excluding carboxylic acids is 1. The number of hydrogen-bond donors (Lipinski definition) is 3. The van der Waals surface area contributed by atoms with Gasteiger partial charge in [0.15, 0.2) is 0 Å². The third kappa shape index (κ3) is 4.70. The van der Waals surface area contributed by atoms with Crippen molar-refractivity contribution in [3.05, 3.63) is 28.0 Å². The van der Waals surface area contributed by atoms with Crippen LogP contribution >= 0.6 is 15.9 Å². The number of halogens is 2. The first-order valence-electron chi connectivity index (χ1n) is 6.28. The van der Waals surface area contributed by atoms with Gasteiger partial charge >= 0.3 is 12.0 Å². The van der Waals surface area contributed by atoms with E-state index in [4.69, 9.17) is 5.11 Å². The molecular weight excluding hydrogens is 343 g/mol. The number of nitrogens with one attached hydrogen (secondary N) is 2. The zero-order chi connectivity index (χ0) is 16.4. The molecule has 116 valence electrons. The van der Waals surface area contributed by atoms with Crippen molar-refractivity contribution in [2.45, 2.75) is 33.7 Å². The predicted octanol–water partition coefficient (Wildman–Crippen LogP) is 3.52. The summed E-state index contributed by atoms with van der Waals surface area (Å²) in [6.45, 7) is 6.82. The molecule has 0 saturated heterocycles. The maximum Gasteiger partial charge on any atom is 0.326 e. The zero-order valence-corrected chi connectivity index (χ0v) is 13.8. The molecule has 5 nitrogen and oxygen atoms in total. The molecule has 1 aromatic carbocycles. The van der Waals surface area contributed by atoms with Crippen LogP contribution in [0.1, 0.15) is 26.3 Å². The number of carboxylic acid groups (broad SMARTS) is 1. The van der Waals surface area contributed by atoms with Gasteiger partial charge in [-0.15, -0.1) is 0 Å². The van der Waals surface area contributed by atoms with Crippen molar-refractivity contribution in [3.8, 4) is 0 Å². The van der Waals surface area contributed by atoms with Crippen LogP contribution in [-0.2, 0) is 4.79 Å². The first-order valence-corrected chi connectivity index (χ1v) is 7.07. The topological polar surface area (TPSA) is 78.4 Å². The van der Waals surface area contributed by atoms with Crippen LogP contribution in [-0.4, -0.2) is 23.1 Å². The second kappa shape index (κ2) is 6.43. The third-order valence-corrected chi connectivity index (χ3v) is 3.51. The van der Waals surface area contributed by atoms with Gasteiger partial charge in [-0.25, -0.2) is 14.0 Å². The molecule has 21 heavy (non-hydrogen) atoms. The van der Waals surface area contributed by atoms with Crippen molar-refractivity contribution in [1.29, 1.82) is 0 Å².